The molecule has 1 fully saturated rings. The summed E-state index contributed by atoms with van der Waals surface area (Å²) in [6.45, 7) is 6.11. The number of halogens is 2. The van der Waals surface area contributed by atoms with Crippen molar-refractivity contribution in [1.29, 1.82) is 0 Å². The summed E-state index contributed by atoms with van der Waals surface area (Å²) in [7, 11) is 0. The molecule has 1 unspecified atom stereocenters. The average Bonchev–Trinajstić information content (AvgIpc) is 2.24. The number of nitrogens with one attached hydrogen (secondary N) is 1. The van der Waals surface area contributed by atoms with Gasteiger partial charge in [0.15, 0.2) is 0 Å². The molecule has 0 radical (unpaired) electrons. The van der Waals surface area contributed by atoms with Gasteiger partial charge in [-0.05, 0) is 31.6 Å². The maximum atomic E-state index is 13.0. The molecule has 112 valence electrons. The summed E-state index contributed by atoms with van der Waals surface area (Å²) in [5.41, 5.74) is -0.192. The Morgan fingerprint density at radius 3 is 2.42 bits per heavy atom. The molecule has 0 aromatic heterocycles. The van der Waals surface area contributed by atoms with Gasteiger partial charge in [-0.15, -0.1) is 0 Å². The maximum Gasteiger partial charge on any atom is 0.248 e. The predicted molar refractivity (Wildman–Crippen MR) is 70.0 cm³/mol. The van der Waals surface area contributed by atoms with E-state index in [0.29, 0.717) is 13.0 Å². The van der Waals surface area contributed by atoms with Crippen molar-refractivity contribution in [3.63, 3.8) is 0 Å². The molecular formula is C14H25F2NO2. The van der Waals surface area contributed by atoms with E-state index in [0.717, 1.165) is 0 Å². The molecular weight excluding hydrogens is 252 g/mol. The Hall–Kier alpha value is -0.710. The van der Waals surface area contributed by atoms with Crippen LogP contribution in [0.3, 0.4) is 0 Å². The average molecular weight is 277 g/mol. The minimum absolute atomic E-state index is 0.130. The van der Waals surface area contributed by atoms with Gasteiger partial charge in [0.25, 0.3) is 0 Å². The Labute approximate surface area is 113 Å². The van der Waals surface area contributed by atoms with Crippen LogP contribution in [-0.2, 0) is 4.79 Å². The van der Waals surface area contributed by atoms with Crippen molar-refractivity contribution in [2.45, 2.75) is 64.9 Å². The van der Waals surface area contributed by atoms with E-state index in [9.17, 15) is 18.7 Å². The van der Waals surface area contributed by atoms with Crippen LogP contribution in [0.25, 0.3) is 0 Å². The monoisotopic (exact) mass is 277 g/mol. The smallest absolute Gasteiger partial charge is 0.248 e. The summed E-state index contributed by atoms with van der Waals surface area (Å²) in [5.74, 6) is -3.02. The molecule has 1 aliphatic rings. The molecule has 0 aliphatic heterocycles. The highest BCUT2D eigenvalue weighted by molar-refractivity contribution is 5.78. The third-order valence-electron chi connectivity index (χ3n) is 3.68. The first-order valence-electron chi connectivity index (χ1n) is 6.95. The number of rotatable bonds is 5. The van der Waals surface area contributed by atoms with Crippen molar-refractivity contribution in [1.82, 2.24) is 5.32 Å². The zero-order valence-corrected chi connectivity index (χ0v) is 12.0. The normalized spacial score (nSPS) is 22.0. The lowest BCUT2D eigenvalue weighted by molar-refractivity contribution is -0.129. The van der Waals surface area contributed by atoms with Gasteiger partial charge in [-0.2, -0.15) is 0 Å². The second-order valence-corrected chi connectivity index (χ2v) is 6.57. The number of carbonyl (C=O) groups is 1. The van der Waals surface area contributed by atoms with Gasteiger partial charge in [0.2, 0.25) is 11.8 Å². The SMILES string of the molecule is CC(O)CC(C)(C)CNC(=O)C1CCC(F)(F)CC1. The number of amides is 1. The van der Waals surface area contributed by atoms with Crippen LogP contribution in [-0.4, -0.2) is 29.6 Å². The largest absolute Gasteiger partial charge is 0.393 e. The van der Waals surface area contributed by atoms with Crippen molar-refractivity contribution < 1.29 is 18.7 Å². The van der Waals surface area contributed by atoms with Crippen LogP contribution in [0.4, 0.5) is 8.78 Å². The van der Waals surface area contributed by atoms with Gasteiger partial charge >= 0.3 is 0 Å². The summed E-state index contributed by atoms with van der Waals surface area (Å²) in [4.78, 5) is 11.9. The minimum atomic E-state index is -2.59. The topological polar surface area (TPSA) is 49.3 Å². The fraction of sp³-hybridized carbons (Fsp3) is 0.929. The van der Waals surface area contributed by atoms with E-state index in [-0.39, 0.29) is 42.9 Å². The van der Waals surface area contributed by atoms with Gasteiger partial charge in [0, 0.05) is 25.3 Å². The van der Waals surface area contributed by atoms with Gasteiger partial charge < -0.3 is 10.4 Å². The van der Waals surface area contributed by atoms with Crippen LogP contribution >= 0.6 is 0 Å². The highest BCUT2D eigenvalue weighted by Crippen LogP contribution is 2.36. The van der Waals surface area contributed by atoms with Gasteiger partial charge in [0.05, 0.1) is 6.10 Å². The van der Waals surface area contributed by atoms with E-state index >= 15 is 0 Å². The molecule has 0 bridgehead atoms. The summed E-state index contributed by atoms with van der Waals surface area (Å²) in [6, 6.07) is 0. The number of carbonyl (C=O) groups excluding carboxylic acids is 1. The van der Waals surface area contributed by atoms with E-state index in [1.54, 1.807) is 6.92 Å². The third kappa shape index (κ3) is 5.85. The van der Waals surface area contributed by atoms with Crippen molar-refractivity contribution in [2.75, 3.05) is 6.54 Å². The number of aliphatic hydroxyl groups excluding tert-OH is 1. The molecule has 1 rings (SSSR count). The number of hydrogen-bond donors (Lipinski definition) is 2. The molecule has 19 heavy (non-hydrogen) atoms. The zero-order chi connectivity index (χ0) is 14.7. The number of hydrogen-bond acceptors (Lipinski definition) is 2. The Kier molecular flexibility index (Phi) is 5.30. The Morgan fingerprint density at radius 1 is 1.42 bits per heavy atom. The Bertz CT molecular complexity index is 307. The molecule has 1 aliphatic carbocycles. The van der Waals surface area contributed by atoms with Crippen molar-refractivity contribution in [2.24, 2.45) is 11.3 Å². The first-order chi connectivity index (χ1) is 8.61. The van der Waals surface area contributed by atoms with Crippen LogP contribution in [0, 0.1) is 11.3 Å². The molecule has 1 amide bonds. The van der Waals surface area contributed by atoms with Crippen molar-refractivity contribution >= 4 is 5.91 Å². The Morgan fingerprint density at radius 2 is 1.95 bits per heavy atom. The van der Waals surface area contributed by atoms with E-state index in [1.807, 2.05) is 13.8 Å². The summed E-state index contributed by atoms with van der Waals surface area (Å²) in [6.07, 6.45) is 0.311. The Balaban J connectivity index is 2.36. The fourth-order valence-corrected chi connectivity index (χ4v) is 2.64. The zero-order valence-electron chi connectivity index (χ0n) is 12.0. The molecule has 3 nitrogen and oxygen atoms in total. The molecule has 1 atom stereocenters. The second kappa shape index (κ2) is 6.16. The van der Waals surface area contributed by atoms with Crippen LogP contribution in [0.2, 0.25) is 0 Å². The van der Waals surface area contributed by atoms with Crippen LogP contribution in [0.1, 0.15) is 52.9 Å². The molecule has 0 aromatic carbocycles. The molecule has 0 spiro atoms. The molecule has 1 saturated carbocycles. The van der Waals surface area contributed by atoms with E-state index in [4.69, 9.17) is 0 Å². The van der Waals surface area contributed by atoms with E-state index in [2.05, 4.69) is 5.32 Å². The summed E-state index contributed by atoms with van der Waals surface area (Å²) in [5, 5.41) is 12.2. The van der Waals surface area contributed by atoms with Gasteiger partial charge in [0.1, 0.15) is 0 Å². The predicted octanol–water partition coefficient (Wildman–Crippen LogP) is 2.73. The van der Waals surface area contributed by atoms with Crippen molar-refractivity contribution in [3.8, 4) is 0 Å². The lowest BCUT2D eigenvalue weighted by atomic mass is 9.84. The van der Waals surface area contributed by atoms with Crippen molar-refractivity contribution in [3.05, 3.63) is 0 Å². The molecule has 0 aromatic rings. The van der Waals surface area contributed by atoms with Crippen LogP contribution in [0.15, 0.2) is 0 Å². The van der Waals surface area contributed by atoms with Gasteiger partial charge in [-0.25, -0.2) is 8.78 Å². The minimum Gasteiger partial charge on any atom is -0.393 e. The van der Waals surface area contributed by atoms with Gasteiger partial charge in [-0.1, -0.05) is 13.8 Å². The third-order valence-corrected chi connectivity index (χ3v) is 3.68. The summed E-state index contributed by atoms with van der Waals surface area (Å²) >= 11 is 0. The van der Waals surface area contributed by atoms with E-state index in [1.165, 1.54) is 0 Å². The maximum absolute atomic E-state index is 13.0. The number of aliphatic hydroxyl groups is 1. The lowest BCUT2D eigenvalue weighted by Gasteiger charge is -2.30. The van der Waals surface area contributed by atoms with Crippen LogP contribution in [0.5, 0.6) is 0 Å². The molecule has 0 saturated heterocycles. The van der Waals surface area contributed by atoms with E-state index < -0.39 is 12.0 Å². The fourth-order valence-electron chi connectivity index (χ4n) is 2.64. The van der Waals surface area contributed by atoms with Gasteiger partial charge in [-0.3, -0.25) is 4.79 Å². The molecule has 0 heterocycles. The first-order valence-corrected chi connectivity index (χ1v) is 6.95. The summed E-state index contributed by atoms with van der Waals surface area (Å²) < 4.78 is 26.0. The quantitative estimate of drug-likeness (QED) is 0.811. The highest BCUT2D eigenvalue weighted by Gasteiger charge is 2.37. The molecule has 5 heteroatoms. The first kappa shape index (κ1) is 16.3. The molecule has 2 N–H and O–H groups in total. The van der Waals surface area contributed by atoms with Crippen LogP contribution < -0.4 is 5.32 Å². The highest BCUT2D eigenvalue weighted by atomic mass is 19.3. The lowest BCUT2D eigenvalue weighted by Crippen LogP contribution is -2.40. The second-order valence-electron chi connectivity index (χ2n) is 6.57. The number of alkyl halides is 2. The standard InChI is InChI=1S/C14H25F2NO2/c1-10(18)8-13(2,3)9-17-12(19)11-4-6-14(15,16)7-5-11/h10-11,18H,4-9H2,1-3H3,(H,17,19).